The first kappa shape index (κ1) is 18.4. The molecule has 19 heavy (non-hydrogen) atoms. The summed E-state index contributed by atoms with van der Waals surface area (Å²) in [6.45, 7) is 13.6. The molecule has 0 aliphatic carbocycles. The Hall–Kier alpha value is -0.610. The van der Waals surface area contributed by atoms with Crippen LogP contribution in [0.25, 0.3) is 0 Å². The number of hydrogen-bond donors (Lipinski definition) is 2. The average molecular weight is 271 g/mol. The fourth-order valence-corrected chi connectivity index (χ4v) is 1.73. The van der Waals surface area contributed by atoms with Gasteiger partial charge >= 0.3 is 0 Å². The highest BCUT2D eigenvalue weighted by Crippen LogP contribution is 2.11. The number of nitrogens with two attached hydrogens (primary N) is 2. The maximum atomic E-state index is 11.2. The minimum Gasteiger partial charge on any atom is -0.368 e. The SMILES string of the molecule is CC(C)CCN(CCC(C)C)CCC(C)(N)C(N)=O. The molecule has 0 saturated carbocycles. The van der Waals surface area contributed by atoms with E-state index in [0.29, 0.717) is 18.3 Å². The van der Waals surface area contributed by atoms with Crippen molar-refractivity contribution in [3.63, 3.8) is 0 Å². The molecule has 0 aliphatic heterocycles. The van der Waals surface area contributed by atoms with Crippen molar-refractivity contribution in [2.24, 2.45) is 23.3 Å². The lowest BCUT2D eigenvalue weighted by Gasteiger charge is -2.28. The molecule has 4 N–H and O–H groups in total. The molecule has 0 bridgehead atoms. The largest absolute Gasteiger partial charge is 0.368 e. The molecule has 1 atom stereocenters. The molecule has 0 aromatic rings. The van der Waals surface area contributed by atoms with Crippen LogP contribution in [0, 0.1) is 11.8 Å². The first-order valence-corrected chi connectivity index (χ1v) is 7.46. The van der Waals surface area contributed by atoms with Crippen molar-refractivity contribution in [1.29, 1.82) is 0 Å². The van der Waals surface area contributed by atoms with E-state index in [-0.39, 0.29) is 0 Å². The maximum absolute atomic E-state index is 11.2. The zero-order chi connectivity index (χ0) is 15.1. The first-order chi connectivity index (χ1) is 8.65. The monoisotopic (exact) mass is 271 g/mol. The summed E-state index contributed by atoms with van der Waals surface area (Å²) in [6, 6.07) is 0. The summed E-state index contributed by atoms with van der Waals surface area (Å²) >= 11 is 0. The summed E-state index contributed by atoms with van der Waals surface area (Å²) in [4.78, 5) is 13.7. The van der Waals surface area contributed by atoms with E-state index < -0.39 is 11.4 Å². The van der Waals surface area contributed by atoms with Crippen LogP contribution in [-0.2, 0) is 4.79 Å². The molecule has 4 heteroatoms. The Bertz CT molecular complexity index is 250. The lowest BCUT2D eigenvalue weighted by molar-refractivity contribution is -0.122. The number of rotatable bonds is 10. The molecule has 0 spiro atoms. The van der Waals surface area contributed by atoms with Gasteiger partial charge in [0.25, 0.3) is 0 Å². The number of carbonyl (C=O) groups excluding carboxylic acids is 1. The van der Waals surface area contributed by atoms with Crippen LogP contribution in [0.4, 0.5) is 0 Å². The number of nitrogens with zero attached hydrogens (tertiary/aromatic N) is 1. The molecule has 0 aromatic heterocycles. The average Bonchev–Trinajstić information content (AvgIpc) is 2.27. The molecule has 0 radical (unpaired) electrons. The van der Waals surface area contributed by atoms with Crippen molar-refractivity contribution in [3.8, 4) is 0 Å². The zero-order valence-electron chi connectivity index (χ0n) is 13.4. The summed E-state index contributed by atoms with van der Waals surface area (Å²) in [7, 11) is 0. The van der Waals surface area contributed by atoms with Gasteiger partial charge in [0.2, 0.25) is 5.91 Å². The number of amides is 1. The van der Waals surface area contributed by atoms with E-state index >= 15 is 0 Å². The minimum absolute atomic E-state index is 0.417. The van der Waals surface area contributed by atoms with Gasteiger partial charge in [-0.15, -0.1) is 0 Å². The predicted octanol–water partition coefficient (Wildman–Crippen LogP) is 1.97. The fourth-order valence-electron chi connectivity index (χ4n) is 1.73. The second-order valence-electron chi connectivity index (χ2n) is 6.74. The Balaban J connectivity index is 4.28. The van der Waals surface area contributed by atoms with Gasteiger partial charge in [0.05, 0.1) is 5.54 Å². The summed E-state index contributed by atoms with van der Waals surface area (Å²) in [5.74, 6) is 0.976. The van der Waals surface area contributed by atoms with Crippen molar-refractivity contribution in [2.75, 3.05) is 19.6 Å². The molecule has 0 saturated heterocycles. The highest BCUT2D eigenvalue weighted by molar-refractivity contribution is 5.83. The summed E-state index contributed by atoms with van der Waals surface area (Å²) < 4.78 is 0. The smallest absolute Gasteiger partial charge is 0.237 e. The van der Waals surface area contributed by atoms with E-state index in [0.717, 1.165) is 19.6 Å². The van der Waals surface area contributed by atoms with E-state index in [1.807, 2.05) is 0 Å². The number of carbonyl (C=O) groups is 1. The molecule has 0 fully saturated rings. The quantitative estimate of drug-likeness (QED) is 0.638. The second-order valence-corrected chi connectivity index (χ2v) is 6.74. The van der Waals surface area contributed by atoms with Crippen molar-refractivity contribution < 1.29 is 4.79 Å². The topological polar surface area (TPSA) is 72.3 Å². The molecular weight excluding hydrogens is 238 g/mol. The molecule has 0 rings (SSSR count). The zero-order valence-corrected chi connectivity index (χ0v) is 13.4. The van der Waals surface area contributed by atoms with Crippen molar-refractivity contribution >= 4 is 5.91 Å². The third-order valence-corrected chi connectivity index (χ3v) is 3.56. The third-order valence-electron chi connectivity index (χ3n) is 3.56. The molecule has 1 amide bonds. The van der Waals surface area contributed by atoms with Gasteiger partial charge in [0.15, 0.2) is 0 Å². The van der Waals surface area contributed by atoms with Gasteiger partial charge in [-0.25, -0.2) is 0 Å². The van der Waals surface area contributed by atoms with Crippen LogP contribution >= 0.6 is 0 Å². The van der Waals surface area contributed by atoms with Crippen LogP contribution in [0.1, 0.15) is 53.9 Å². The molecule has 4 nitrogen and oxygen atoms in total. The fraction of sp³-hybridized carbons (Fsp3) is 0.933. The van der Waals surface area contributed by atoms with E-state index in [4.69, 9.17) is 11.5 Å². The Morgan fingerprint density at radius 2 is 1.47 bits per heavy atom. The van der Waals surface area contributed by atoms with Crippen LogP contribution in [0.3, 0.4) is 0 Å². The number of primary amides is 1. The molecular formula is C15H33N3O. The van der Waals surface area contributed by atoms with Crippen LogP contribution in [-0.4, -0.2) is 36.0 Å². The summed E-state index contributed by atoms with van der Waals surface area (Å²) in [6.07, 6.45) is 2.98. The van der Waals surface area contributed by atoms with Gasteiger partial charge in [-0.1, -0.05) is 27.7 Å². The summed E-state index contributed by atoms with van der Waals surface area (Å²) in [5.41, 5.74) is 10.3. The van der Waals surface area contributed by atoms with Crippen LogP contribution in [0.2, 0.25) is 0 Å². The Morgan fingerprint density at radius 1 is 1.05 bits per heavy atom. The molecule has 0 heterocycles. The minimum atomic E-state index is -0.895. The molecule has 0 aliphatic rings. The van der Waals surface area contributed by atoms with Crippen LogP contribution < -0.4 is 11.5 Å². The van der Waals surface area contributed by atoms with Gasteiger partial charge in [0, 0.05) is 6.54 Å². The van der Waals surface area contributed by atoms with Gasteiger partial charge in [-0.2, -0.15) is 0 Å². The van der Waals surface area contributed by atoms with Crippen molar-refractivity contribution in [2.45, 2.75) is 59.4 Å². The number of hydrogen-bond acceptors (Lipinski definition) is 3. The third kappa shape index (κ3) is 9.00. The van der Waals surface area contributed by atoms with Crippen LogP contribution in [0.5, 0.6) is 0 Å². The Labute approximate surface area is 118 Å². The molecule has 0 aromatic carbocycles. The first-order valence-electron chi connectivity index (χ1n) is 7.46. The van der Waals surface area contributed by atoms with Crippen molar-refractivity contribution in [1.82, 2.24) is 4.90 Å². The highest BCUT2D eigenvalue weighted by atomic mass is 16.1. The molecule has 1 unspecified atom stereocenters. The van der Waals surface area contributed by atoms with E-state index in [1.54, 1.807) is 6.92 Å². The van der Waals surface area contributed by atoms with Gasteiger partial charge in [-0.05, 0) is 51.1 Å². The lowest BCUT2D eigenvalue weighted by atomic mass is 9.98. The second kappa shape index (κ2) is 8.54. The normalized spacial score (nSPS) is 15.2. The summed E-state index contributed by atoms with van der Waals surface area (Å²) in [5, 5.41) is 0. The van der Waals surface area contributed by atoms with E-state index in [1.165, 1.54) is 12.8 Å². The maximum Gasteiger partial charge on any atom is 0.237 e. The Morgan fingerprint density at radius 3 is 1.79 bits per heavy atom. The van der Waals surface area contributed by atoms with Crippen molar-refractivity contribution in [3.05, 3.63) is 0 Å². The van der Waals surface area contributed by atoms with E-state index in [2.05, 4.69) is 32.6 Å². The Kier molecular flexibility index (Phi) is 8.26. The highest BCUT2D eigenvalue weighted by Gasteiger charge is 2.26. The van der Waals surface area contributed by atoms with Crippen LogP contribution in [0.15, 0.2) is 0 Å². The van der Waals surface area contributed by atoms with Gasteiger partial charge in [0.1, 0.15) is 0 Å². The lowest BCUT2D eigenvalue weighted by Crippen LogP contribution is -2.51. The molecule has 114 valence electrons. The van der Waals surface area contributed by atoms with Gasteiger partial charge < -0.3 is 16.4 Å². The van der Waals surface area contributed by atoms with E-state index in [9.17, 15) is 4.79 Å². The van der Waals surface area contributed by atoms with Gasteiger partial charge in [-0.3, -0.25) is 4.79 Å². The predicted molar refractivity (Wildman–Crippen MR) is 81.8 cm³/mol. The standard InChI is InChI=1S/C15H33N3O/c1-12(2)6-9-18(10-7-13(3)4)11-8-15(5,17)14(16)19/h12-13H,6-11,17H2,1-5H3,(H2,16,19).